The third kappa shape index (κ3) is 5.00. The van der Waals surface area contributed by atoms with Gasteiger partial charge in [0.15, 0.2) is 18.1 Å². The Bertz CT molecular complexity index is 719. The summed E-state index contributed by atoms with van der Waals surface area (Å²) in [7, 11) is 1.47. The van der Waals surface area contributed by atoms with Gasteiger partial charge >= 0.3 is 0 Å². The van der Waals surface area contributed by atoms with Crippen LogP contribution >= 0.6 is 15.9 Å². The van der Waals surface area contributed by atoms with Crippen molar-refractivity contribution in [2.75, 3.05) is 13.7 Å². The van der Waals surface area contributed by atoms with Crippen LogP contribution in [0.5, 0.6) is 17.2 Å². The minimum absolute atomic E-state index is 0.0000349. The molecule has 0 aromatic heterocycles. The quantitative estimate of drug-likeness (QED) is 0.598. The fourth-order valence-electron chi connectivity index (χ4n) is 1.70. The van der Waals surface area contributed by atoms with Gasteiger partial charge in [-0.15, -0.1) is 0 Å². The first-order valence-corrected chi connectivity index (χ1v) is 7.45. The van der Waals surface area contributed by atoms with Crippen LogP contribution in [0.15, 0.2) is 52.0 Å². The lowest BCUT2D eigenvalue weighted by Gasteiger charge is -2.06. The SMILES string of the molecule is COc1ccc(/C=N/NC(=O)COc2ccccc2Br)cc1O. The van der Waals surface area contributed by atoms with E-state index in [2.05, 4.69) is 26.5 Å². The molecule has 120 valence electrons. The summed E-state index contributed by atoms with van der Waals surface area (Å²) in [6.45, 7) is -0.159. The number of rotatable bonds is 6. The highest BCUT2D eigenvalue weighted by molar-refractivity contribution is 9.10. The number of phenolic OH excluding ortho intramolecular Hbond substituents is 1. The van der Waals surface area contributed by atoms with Crippen LogP contribution in [0, 0.1) is 0 Å². The van der Waals surface area contributed by atoms with Gasteiger partial charge in [0.05, 0.1) is 17.8 Å². The molecule has 6 nitrogen and oxygen atoms in total. The van der Waals surface area contributed by atoms with Crippen molar-refractivity contribution in [3.05, 3.63) is 52.5 Å². The molecule has 0 saturated carbocycles. The molecule has 0 aliphatic heterocycles. The van der Waals surface area contributed by atoms with Crippen LogP contribution in [0.3, 0.4) is 0 Å². The number of ether oxygens (including phenoxy) is 2. The maximum Gasteiger partial charge on any atom is 0.277 e. The molecule has 2 rings (SSSR count). The first-order chi connectivity index (χ1) is 11.1. The number of carbonyl (C=O) groups excluding carboxylic acids is 1. The molecule has 1 amide bonds. The topological polar surface area (TPSA) is 80.2 Å². The summed E-state index contributed by atoms with van der Waals surface area (Å²) in [6.07, 6.45) is 1.41. The molecular formula is C16H15BrN2O4. The van der Waals surface area contributed by atoms with E-state index in [9.17, 15) is 9.90 Å². The van der Waals surface area contributed by atoms with Gasteiger partial charge in [0, 0.05) is 0 Å². The second-order valence-corrected chi connectivity index (χ2v) is 5.30. The Morgan fingerprint density at radius 1 is 1.30 bits per heavy atom. The van der Waals surface area contributed by atoms with Crippen LogP contribution in [0.4, 0.5) is 0 Å². The Hall–Kier alpha value is -2.54. The van der Waals surface area contributed by atoms with Crippen LogP contribution in [0.25, 0.3) is 0 Å². The third-order valence-electron chi connectivity index (χ3n) is 2.80. The first kappa shape index (κ1) is 16.8. The summed E-state index contributed by atoms with van der Waals surface area (Å²) in [5, 5.41) is 13.4. The lowest BCUT2D eigenvalue weighted by molar-refractivity contribution is -0.123. The van der Waals surface area contributed by atoms with Crippen molar-refractivity contribution >= 4 is 28.1 Å². The lowest BCUT2D eigenvalue weighted by atomic mass is 10.2. The molecule has 2 aromatic rings. The molecule has 2 N–H and O–H groups in total. The highest BCUT2D eigenvalue weighted by Gasteiger charge is 2.04. The molecule has 0 spiro atoms. The van der Waals surface area contributed by atoms with E-state index in [0.29, 0.717) is 17.1 Å². The highest BCUT2D eigenvalue weighted by atomic mass is 79.9. The molecule has 0 radical (unpaired) electrons. The standard InChI is InChI=1S/C16H15BrN2O4/c1-22-15-7-6-11(8-13(15)20)9-18-19-16(21)10-23-14-5-3-2-4-12(14)17/h2-9,20H,10H2,1H3,(H,19,21)/b18-9+. The van der Waals surface area contributed by atoms with Crippen LogP contribution in [-0.4, -0.2) is 30.9 Å². The largest absolute Gasteiger partial charge is 0.504 e. The minimum atomic E-state index is -0.394. The van der Waals surface area contributed by atoms with Crippen molar-refractivity contribution in [3.8, 4) is 17.2 Å². The molecule has 0 bridgehead atoms. The van der Waals surface area contributed by atoms with Crippen molar-refractivity contribution in [2.24, 2.45) is 5.10 Å². The van der Waals surface area contributed by atoms with E-state index in [1.54, 1.807) is 18.2 Å². The maximum atomic E-state index is 11.7. The maximum absolute atomic E-state index is 11.7. The van der Waals surface area contributed by atoms with Gasteiger partial charge in [-0.1, -0.05) is 12.1 Å². The average molecular weight is 379 g/mol. The predicted octanol–water partition coefficient (Wildman–Crippen LogP) is 2.69. The number of para-hydroxylation sites is 1. The predicted molar refractivity (Wildman–Crippen MR) is 90.0 cm³/mol. The molecule has 0 heterocycles. The van der Waals surface area contributed by atoms with E-state index < -0.39 is 5.91 Å². The van der Waals surface area contributed by atoms with Crippen molar-refractivity contribution < 1.29 is 19.4 Å². The fourth-order valence-corrected chi connectivity index (χ4v) is 2.10. The Morgan fingerprint density at radius 2 is 2.09 bits per heavy atom. The smallest absolute Gasteiger partial charge is 0.277 e. The molecular weight excluding hydrogens is 364 g/mol. The van der Waals surface area contributed by atoms with Crippen LogP contribution < -0.4 is 14.9 Å². The number of hydrazone groups is 1. The summed E-state index contributed by atoms with van der Waals surface area (Å²) in [5.74, 6) is 0.550. The minimum Gasteiger partial charge on any atom is -0.504 e. The van der Waals surface area contributed by atoms with Crippen LogP contribution in [0.2, 0.25) is 0 Å². The van der Waals surface area contributed by atoms with Gasteiger partial charge in [0.2, 0.25) is 0 Å². The Balaban J connectivity index is 1.84. The molecule has 0 unspecified atom stereocenters. The number of carbonyl (C=O) groups is 1. The number of amides is 1. The van der Waals surface area contributed by atoms with Crippen molar-refractivity contribution in [1.29, 1.82) is 0 Å². The summed E-state index contributed by atoms with van der Waals surface area (Å²) in [6, 6.07) is 12.0. The van der Waals surface area contributed by atoms with Crippen molar-refractivity contribution in [1.82, 2.24) is 5.43 Å². The number of aromatic hydroxyl groups is 1. The van der Waals surface area contributed by atoms with Crippen molar-refractivity contribution in [3.63, 3.8) is 0 Å². The zero-order chi connectivity index (χ0) is 16.7. The second-order valence-electron chi connectivity index (χ2n) is 4.44. The fraction of sp³-hybridized carbons (Fsp3) is 0.125. The van der Waals surface area contributed by atoms with Gasteiger partial charge < -0.3 is 14.6 Å². The molecule has 0 atom stereocenters. The van der Waals surface area contributed by atoms with E-state index in [-0.39, 0.29) is 12.4 Å². The molecule has 0 aliphatic carbocycles. The van der Waals surface area contributed by atoms with Gasteiger partial charge in [0.25, 0.3) is 5.91 Å². The summed E-state index contributed by atoms with van der Waals surface area (Å²) >= 11 is 3.33. The number of hydrogen-bond acceptors (Lipinski definition) is 5. The number of halogens is 1. The Labute approximate surface area is 141 Å². The van der Waals surface area contributed by atoms with Gasteiger partial charge in [-0.3, -0.25) is 4.79 Å². The van der Waals surface area contributed by atoms with Crippen LogP contribution in [-0.2, 0) is 4.79 Å². The zero-order valence-electron chi connectivity index (χ0n) is 12.3. The van der Waals surface area contributed by atoms with E-state index in [1.165, 1.54) is 19.4 Å². The van der Waals surface area contributed by atoms with E-state index >= 15 is 0 Å². The van der Waals surface area contributed by atoms with E-state index in [1.807, 2.05) is 18.2 Å². The first-order valence-electron chi connectivity index (χ1n) is 6.66. The number of hydrogen-bond donors (Lipinski definition) is 2. The van der Waals surface area contributed by atoms with Crippen LogP contribution in [0.1, 0.15) is 5.56 Å². The molecule has 7 heteroatoms. The number of benzene rings is 2. The molecule has 2 aromatic carbocycles. The van der Waals surface area contributed by atoms with E-state index in [0.717, 1.165) is 4.47 Å². The van der Waals surface area contributed by atoms with Gasteiger partial charge in [0.1, 0.15) is 5.75 Å². The lowest BCUT2D eigenvalue weighted by Crippen LogP contribution is -2.24. The second kappa shape index (κ2) is 8.19. The molecule has 0 saturated heterocycles. The third-order valence-corrected chi connectivity index (χ3v) is 3.46. The summed E-state index contributed by atoms with van der Waals surface area (Å²) in [4.78, 5) is 11.7. The monoisotopic (exact) mass is 378 g/mol. The van der Waals surface area contributed by atoms with Gasteiger partial charge in [-0.2, -0.15) is 5.10 Å². The van der Waals surface area contributed by atoms with Gasteiger partial charge in [-0.05, 0) is 51.8 Å². The average Bonchev–Trinajstić information content (AvgIpc) is 2.54. The number of methoxy groups -OCH3 is 1. The molecule has 0 aliphatic rings. The van der Waals surface area contributed by atoms with Gasteiger partial charge in [-0.25, -0.2) is 5.43 Å². The highest BCUT2D eigenvalue weighted by Crippen LogP contribution is 2.25. The number of phenols is 1. The molecule has 23 heavy (non-hydrogen) atoms. The van der Waals surface area contributed by atoms with Crippen molar-refractivity contribution in [2.45, 2.75) is 0 Å². The molecule has 0 fully saturated rings. The Kier molecular flexibility index (Phi) is 5.99. The summed E-state index contributed by atoms with van der Waals surface area (Å²) in [5.41, 5.74) is 2.97. The Morgan fingerprint density at radius 3 is 2.78 bits per heavy atom. The zero-order valence-corrected chi connectivity index (χ0v) is 13.9. The number of nitrogens with zero attached hydrogens (tertiary/aromatic N) is 1. The summed E-state index contributed by atoms with van der Waals surface area (Å²) < 4.78 is 11.1. The number of nitrogens with one attached hydrogen (secondary N) is 1. The van der Waals surface area contributed by atoms with E-state index in [4.69, 9.17) is 9.47 Å². The normalized spacial score (nSPS) is 10.5.